The summed E-state index contributed by atoms with van der Waals surface area (Å²) in [6.45, 7) is 4.79. The minimum atomic E-state index is -0.545. The Kier molecular flexibility index (Phi) is 6.39. The molecule has 0 spiro atoms. The quantitative estimate of drug-likeness (QED) is 0.498. The number of ether oxygens (including phenoxy) is 5. The number of hydrogen-bond donors (Lipinski definition) is 0. The third-order valence-electron chi connectivity index (χ3n) is 4.14. The van der Waals surface area contributed by atoms with Gasteiger partial charge in [0.15, 0.2) is 28.7 Å². The molecule has 3 rings (SSSR count). The zero-order valence-corrected chi connectivity index (χ0v) is 16.9. The molecule has 1 aliphatic heterocycles. The van der Waals surface area contributed by atoms with Crippen molar-refractivity contribution in [1.29, 1.82) is 0 Å². The van der Waals surface area contributed by atoms with Gasteiger partial charge in [0.1, 0.15) is 0 Å². The minimum absolute atomic E-state index is 0.165. The summed E-state index contributed by atoms with van der Waals surface area (Å²) in [6, 6.07) is 10.7. The van der Waals surface area contributed by atoms with Gasteiger partial charge in [-0.05, 0) is 44.2 Å². The number of carbonyl (C=O) groups is 1. The van der Waals surface area contributed by atoms with Gasteiger partial charge in [-0.3, -0.25) is 0 Å². The second-order valence-corrected chi connectivity index (χ2v) is 5.95. The molecule has 0 bridgehead atoms. The molecule has 7 nitrogen and oxygen atoms in total. The Balaban J connectivity index is 1.96. The fourth-order valence-corrected chi connectivity index (χ4v) is 2.89. The largest absolute Gasteiger partial charge is 0.493 e. The predicted octanol–water partition coefficient (Wildman–Crippen LogP) is 3.85. The van der Waals surface area contributed by atoms with Gasteiger partial charge < -0.3 is 23.7 Å². The van der Waals surface area contributed by atoms with Crippen LogP contribution in [0.5, 0.6) is 23.0 Å². The fourth-order valence-electron chi connectivity index (χ4n) is 2.89. The molecule has 0 radical (unpaired) electrons. The van der Waals surface area contributed by atoms with Crippen LogP contribution in [0, 0.1) is 0 Å². The van der Waals surface area contributed by atoms with Crippen molar-refractivity contribution >= 4 is 17.9 Å². The van der Waals surface area contributed by atoms with E-state index in [2.05, 4.69) is 4.99 Å². The maximum absolute atomic E-state index is 12.4. The average Bonchev–Trinajstić information content (AvgIpc) is 3.09. The first kappa shape index (κ1) is 20.3. The summed E-state index contributed by atoms with van der Waals surface area (Å²) in [5.74, 6) is 1.92. The van der Waals surface area contributed by atoms with Gasteiger partial charge in [-0.2, -0.15) is 0 Å². The number of para-hydroxylation sites is 1. The maximum Gasteiger partial charge on any atom is 0.363 e. The van der Waals surface area contributed by atoms with Crippen LogP contribution in [0.25, 0.3) is 6.08 Å². The van der Waals surface area contributed by atoms with Crippen LogP contribution in [-0.4, -0.2) is 39.3 Å². The molecule has 2 aromatic carbocycles. The van der Waals surface area contributed by atoms with Gasteiger partial charge in [-0.15, -0.1) is 0 Å². The topological polar surface area (TPSA) is 75.6 Å². The van der Waals surface area contributed by atoms with Crippen LogP contribution < -0.4 is 18.9 Å². The molecule has 0 aromatic heterocycles. The maximum atomic E-state index is 12.4. The lowest BCUT2D eigenvalue weighted by atomic mass is 10.1. The first-order valence-electron chi connectivity index (χ1n) is 9.24. The second kappa shape index (κ2) is 9.14. The van der Waals surface area contributed by atoms with E-state index >= 15 is 0 Å². The number of hydrogen-bond acceptors (Lipinski definition) is 7. The summed E-state index contributed by atoms with van der Waals surface area (Å²) in [7, 11) is 3.09. The Labute approximate surface area is 169 Å². The van der Waals surface area contributed by atoms with E-state index in [1.165, 1.54) is 7.11 Å². The van der Waals surface area contributed by atoms with Gasteiger partial charge in [0.2, 0.25) is 5.90 Å². The van der Waals surface area contributed by atoms with Gasteiger partial charge in [0, 0.05) is 11.1 Å². The Morgan fingerprint density at radius 3 is 2.41 bits per heavy atom. The third kappa shape index (κ3) is 4.34. The summed E-state index contributed by atoms with van der Waals surface area (Å²) in [5, 5.41) is 0. The molecular formula is C22H23NO6. The van der Waals surface area contributed by atoms with Crippen LogP contribution in [0.2, 0.25) is 0 Å². The molecule has 0 fully saturated rings. The number of benzene rings is 2. The number of nitrogens with zero attached hydrogens (tertiary/aromatic N) is 1. The molecule has 0 saturated carbocycles. The molecule has 0 N–H and O–H groups in total. The first-order chi connectivity index (χ1) is 14.1. The van der Waals surface area contributed by atoms with Gasteiger partial charge in [0.05, 0.1) is 27.4 Å². The highest BCUT2D eigenvalue weighted by atomic mass is 16.6. The lowest BCUT2D eigenvalue weighted by molar-refractivity contribution is -0.129. The standard InChI is InChI=1S/C22H23NO6/c1-5-27-17-11-10-15(13-19(17)28-6-2)21-23-16(22(24)29-21)12-14-8-7-9-18(25-3)20(14)26-4/h7-13H,5-6H2,1-4H3/b16-12-. The lowest BCUT2D eigenvalue weighted by Gasteiger charge is -2.11. The number of carbonyl (C=O) groups excluding carboxylic acids is 1. The van der Waals surface area contributed by atoms with E-state index in [9.17, 15) is 4.79 Å². The van der Waals surface area contributed by atoms with Crippen molar-refractivity contribution < 1.29 is 28.5 Å². The van der Waals surface area contributed by atoms with E-state index in [1.54, 1.807) is 49.6 Å². The molecule has 2 aromatic rings. The van der Waals surface area contributed by atoms with Crippen molar-refractivity contribution in [2.75, 3.05) is 27.4 Å². The summed E-state index contributed by atoms with van der Waals surface area (Å²) in [5.41, 5.74) is 1.44. The molecule has 152 valence electrons. The van der Waals surface area contributed by atoms with Crippen molar-refractivity contribution in [2.45, 2.75) is 13.8 Å². The number of rotatable bonds is 8. The van der Waals surface area contributed by atoms with E-state index in [1.807, 2.05) is 13.8 Å². The van der Waals surface area contributed by atoms with Crippen molar-refractivity contribution in [3.05, 3.63) is 53.2 Å². The van der Waals surface area contributed by atoms with Gasteiger partial charge in [-0.1, -0.05) is 12.1 Å². The van der Waals surface area contributed by atoms with Crippen LogP contribution in [0.15, 0.2) is 47.1 Å². The summed E-state index contributed by atoms with van der Waals surface area (Å²) in [4.78, 5) is 16.7. The van der Waals surface area contributed by atoms with Gasteiger partial charge >= 0.3 is 5.97 Å². The molecule has 0 atom stereocenters. The third-order valence-corrected chi connectivity index (χ3v) is 4.14. The number of aliphatic imine (C=N–C) groups is 1. The normalized spacial score (nSPS) is 14.4. The number of methoxy groups -OCH3 is 2. The van der Waals surface area contributed by atoms with Gasteiger partial charge in [0.25, 0.3) is 0 Å². The Morgan fingerprint density at radius 2 is 1.72 bits per heavy atom. The second-order valence-electron chi connectivity index (χ2n) is 5.95. The highest BCUT2D eigenvalue weighted by molar-refractivity contribution is 6.13. The summed E-state index contributed by atoms with van der Waals surface area (Å²) < 4.78 is 27.3. The van der Waals surface area contributed by atoms with E-state index in [-0.39, 0.29) is 11.6 Å². The van der Waals surface area contributed by atoms with Crippen LogP contribution in [-0.2, 0) is 9.53 Å². The molecular weight excluding hydrogens is 374 g/mol. The minimum Gasteiger partial charge on any atom is -0.493 e. The zero-order chi connectivity index (χ0) is 20.8. The molecule has 29 heavy (non-hydrogen) atoms. The van der Waals surface area contributed by atoms with Crippen molar-refractivity contribution in [2.24, 2.45) is 4.99 Å². The highest BCUT2D eigenvalue weighted by Gasteiger charge is 2.26. The number of cyclic esters (lactones) is 1. The van der Waals surface area contributed by atoms with E-state index in [0.717, 1.165) is 0 Å². The smallest absolute Gasteiger partial charge is 0.363 e. The van der Waals surface area contributed by atoms with E-state index in [0.29, 0.717) is 47.3 Å². The SMILES string of the molecule is CCOc1ccc(C2=N/C(=C\c3cccc(OC)c3OC)C(=O)O2)cc1OCC. The molecule has 0 amide bonds. The molecule has 0 aliphatic carbocycles. The Hall–Kier alpha value is -3.48. The molecule has 7 heteroatoms. The van der Waals surface area contributed by atoms with Crippen molar-refractivity contribution in [3.63, 3.8) is 0 Å². The van der Waals surface area contributed by atoms with Crippen LogP contribution in [0.4, 0.5) is 0 Å². The van der Waals surface area contributed by atoms with Crippen LogP contribution >= 0.6 is 0 Å². The molecule has 0 unspecified atom stereocenters. The average molecular weight is 397 g/mol. The van der Waals surface area contributed by atoms with E-state index in [4.69, 9.17) is 23.7 Å². The predicted molar refractivity (Wildman–Crippen MR) is 109 cm³/mol. The highest BCUT2D eigenvalue weighted by Crippen LogP contribution is 2.34. The Morgan fingerprint density at radius 1 is 0.966 bits per heavy atom. The summed E-state index contributed by atoms with van der Waals surface area (Å²) in [6.07, 6.45) is 1.61. The number of esters is 1. The van der Waals surface area contributed by atoms with Crippen LogP contribution in [0.3, 0.4) is 0 Å². The summed E-state index contributed by atoms with van der Waals surface area (Å²) >= 11 is 0. The zero-order valence-electron chi connectivity index (χ0n) is 16.9. The molecule has 1 aliphatic rings. The monoisotopic (exact) mass is 397 g/mol. The first-order valence-corrected chi connectivity index (χ1v) is 9.24. The molecule has 0 saturated heterocycles. The van der Waals surface area contributed by atoms with Crippen molar-refractivity contribution in [1.82, 2.24) is 0 Å². The fraction of sp³-hybridized carbons (Fsp3) is 0.273. The lowest BCUT2D eigenvalue weighted by Crippen LogP contribution is -2.06. The Bertz CT molecular complexity index is 964. The van der Waals surface area contributed by atoms with Crippen LogP contribution in [0.1, 0.15) is 25.0 Å². The molecule has 1 heterocycles. The van der Waals surface area contributed by atoms with Crippen molar-refractivity contribution in [3.8, 4) is 23.0 Å². The van der Waals surface area contributed by atoms with E-state index < -0.39 is 5.97 Å². The van der Waals surface area contributed by atoms with Gasteiger partial charge in [-0.25, -0.2) is 9.79 Å².